The summed E-state index contributed by atoms with van der Waals surface area (Å²) < 4.78 is 0. The molecule has 110 valence electrons. The quantitative estimate of drug-likeness (QED) is 0.562. The maximum atomic E-state index is 11.9. The summed E-state index contributed by atoms with van der Waals surface area (Å²) in [6, 6.07) is 17.1. The Morgan fingerprint density at radius 3 is 2.73 bits per heavy atom. The molecule has 0 aliphatic heterocycles. The highest BCUT2D eigenvalue weighted by Crippen LogP contribution is 2.14. The van der Waals surface area contributed by atoms with Crippen LogP contribution >= 0.6 is 11.6 Å². The number of carbonyl (C=O) groups is 1. The van der Waals surface area contributed by atoms with Gasteiger partial charge in [-0.25, -0.2) is 5.43 Å². The molecule has 1 amide bonds. The van der Waals surface area contributed by atoms with Crippen LogP contribution in [-0.2, 0) is 11.2 Å². The summed E-state index contributed by atoms with van der Waals surface area (Å²) in [7, 11) is 0. The minimum Gasteiger partial charge on any atom is -0.358 e. The predicted molar refractivity (Wildman–Crippen MR) is 89.2 cm³/mol. The van der Waals surface area contributed by atoms with Crippen LogP contribution < -0.4 is 5.43 Å². The molecule has 0 atom stereocenters. The van der Waals surface area contributed by atoms with Crippen molar-refractivity contribution >= 4 is 34.6 Å². The van der Waals surface area contributed by atoms with E-state index in [9.17, 15) is 4.79 Å². The molecule has 1 aromatic heterocycles. The van der Waals surface area contributed by atoms with E-state index in [-0.39, 0.29) is 12.3 Å². The first-order valence-electron chi connectivity index (χ1n) is 6.85. The number of fused-ring (bicyclic) bond motifs is 1. The molecule has 0 unspecified atom stereocenters. The van der Waals surface area contributed by atoms with Crippen LogP contribution in [-0.4, -0.2) is 17.1 Å². The van der Waals surface area contributed by atoms with Crippen LogP contribution in [0.3, 0.4) is 0 Å². The van der Waals surface area contributed by atoms with Crippen molar-refractivity contribution in [2.45, 2.75) is 6.42 Å². The number of halogens is 1. The molecule has 0 fully saturated rings. The van der Waals surface area contributed by atoms with Crippen LogP contribution in [0.5, 0.6) is 0 Å². The first-order valence-corrected chi connectivity index (χ1v) is 7.22. The molecule has 0 aliphatic carbocycles. The summed E-state index contributed by atoms with van der Waals surface area (Å²) in [5.41, 5.74) is 5.27. The SMILES string of the molecule is O=C(Cc1cc2ccccc2[nH]1)N/N=C\c1ccc(Cl)cc1. The van der Waals surface area contributed by atoms with Gasteiger partial charge in [0.05, 0.1) is 12.6 Å². The van der Waals surface area contributed by atoms with E-state index in [1.807, 2.05) is 42.5 Å². The molecule has 22 heavy (non-hydrogen) atoms. The maximum absolute atomic E-state index is 11.9. The molecule has 3 rings (SSSR count). The number of nitrogens with one attached hydrogen (secondary N) is 2. The van der Waals surface area contributed by atoms with Gasteiger partial charge in [-0.15, -0.1) is 0 Å². The van der Waals surface area contributed by atoms with Crippen LogP contribution in [0, 0.1) is 0 Å². The predicted octanol–water partition coefficient (Wildman–Crippen LogP) is 3.51. The van der Waals surface area contributed by atoms with E-state index in [4.69, 9.17) is 11.6 Å². The Hall–Kier alpha value is -2.59. The Morgan fingerprint density at radius 2 is 1.95 bits per heavy atom. The van der Waals surface area contributed by atoms with Gasteiger partial charge in [0.1, 0.15) is 0 Å². The Balaban J connectivity index is 1.59. The highest BCUT2D eigenvalue weighted by molar-refractivity contribution is 6.30. The van der Waals surface area contributed by atoms with Crippen molar-refractivity contribution in [3.8, 4) is 0 Å². The number of benzene rings is 2. The highest BCUT2D eigenvalue weighted by atomic mass is 35.5. The average Bonchev–Trinajstić information content (AvgIpc) is 2.91. The molecular formula is C17H14ClN3O. The zero-order valence-corrected chi connectivity index (χ0v) is 12.5. The summed E-state index contributed by atoms with van der Waals surface area (Å²) >= 11 is 5.80. The Kier molecular flexibility index (Phi) is 4.21. The van der Waals surface area contributed by atoms with Gasteiger partial charge in [-0.1, -0.05) is 41.9 Å². The van der Waals surface area contributed by atoms with E-state index >= 15 is 0 Å². The Morgan fingerprint density at radius 1 is 1.18 bits per heavy atom. The van der Waals surface area contributed by atoms with Gasteiger partial charge in [0.25, 0.3) is 0 Å². The smallest absolute Gasteiger partial charge is 0.245 e. The number of hydrazone groups is 1. The standard InChI is InChI=1S/C17H14ClN3O/c18-14-7-5-12(6-8-14)11-19-21-17(22)10-15-9-13-3-1-2-4-16(13)20-15/h1-9,11,20H,10H2,(H,21,22)/b19-11-. The van der Waals surface area contributed by atoms with Gasteiger partial charge in [0, 0.05) is 16.2 Å². The lowest BCUT2D eigenvalue weighted by atomic mass is 10.2. The van der Waals surface area contributed by atoms with E-state index in [1.54, 1.807) is 18.3 Å². The second kappa shape index (κ2) is 6.45. The van der Waals surface area contributed by atoms with Crippen molar-refractivity contribution in [3.63, 3.8) is 0 Å². The lowest BCUT2D eigenvalue weighted by Crippen LogP contribution is -2.19. The third-order valence-electron chi connectivity index (χ3n) is 3.21. The molecule has 0 saturated carbocycles. The number of hydrogen-bond donors (Lipinski definition) is 2. The second-order valence-corrected chi connectivity index (χ2v) is 5.34. The normalized spacial score (nSPS) is 11.1. The third-order valence-corrected chi connectivity index (χ3v) is 3.46. The number of hydrogen-bond acceptors (Lipinski definition) is 2. The lowest BCUT2D eigenvalue weighted by molar-refractivity contribution is -0.120. The van der Waals surface area contributed by atoms with Gasteiger partial charge in [-0.3, -0.25) is 4.79 Å². The first-order chi connectivity index (χ1) is 10.7. The van der Waals surface area contributed by atoms with E-state index in [2.05, 4.69) is 15.5 Å². The molecule has 0 spiro atoms. The molecule has 1 heterocycles. The van der Waals surface area contributed by atoms with Gasteiger partial charge in [0.15, 0.2) is 0 Å². The zero-order chi connectivity index (χ0) is 15.4. The van der Waals surface area contributed by atoms with Crippen LogP contribution in [0.2, 0.25) is 5.02 Å². The van der Waals surface area contributed by atoms with E-state index in [0.29, 0.717) is 5.02 Å². The van der Waals surface area contributed by atoms with E-state index in [1.165, 1.54) is 0 Å². The molecule has 0 radical (unpaired) electrons. The van der Waals surface area contributed by atoms with Crippen molar-refractivity contribution in [2.75, 3.05) is 0 Å². The highest BCUT2D eigenvalue weighted by Gasteiger charge is 2.05. The molecule has 4 nitrogen and oxygen atoms in total. The molecule has 2 aromatic carbocycles. The number of nitrogens with zero attached hydrogens (tertiary/aromatic N) is 1. The van der Waals surface area contributed by atoms with Crippen molar-refractivity contribution in [1.29, 1.82) is 0 Å². The van der Waals surface area contributed by atoms with Crippen molar-refractivity contribution in [1.82, 2.24) is 10.4 Å². The van der Waals surface area contributed by atoms with Crippen LogP contribution in [0.1, 0.15) is 11.3 Å². The molecule has 0 aliphatic rings. The number of rotatable bonds is 4. The van der Waals surface area contributed by atoms with E-state index in [0.717, 1.165) is 22.2 Å². The number of aromatic nitrogens is 1. The lowest BCUT2D eigenvalue weighted by Gasteiger charge is -1.98. The Bertz CT molecular complexity index is 788. The molecular weight excluding hydrogens is 298 g/mol. The fourth-order valence-electron chi connectivity index (χ4n) is 2.17. The molecule has 5 heteroatoms. The summed E-state index contributed by atoms with van der Waals surface area (Å²) in [6.45, 7) is 0. The van der Waals surface area contributed by atoms with Crippen molar-refractivity contribution in [2.24, 2.45) is 5.10 Å². The zero-order valence-electron chi connectivity index (χ0n) is 11.7. The molecule has 0 saturated heterocycles. The fraction of sp³-hybridized carbons (Fsp3) is 0.0588. The second-order valence-electron chi connectivity index (χ2n) is 4.90. The topological polar surface area (TPSA) is 57.2 Å². The number of carbonyl (C=O) groups excluding carboxylic acids is 1. The molecule has 3 aromatic rings. The summed E-state index contributed by atoms with van der Waals surface area (Å²) in [4.78, 5) is 15.1. The van der Waals surface area contributed by atoms with Gasteiger partial charge >= 0.3 is 0 Å². The summed E-state index contributed by atoms with van der Waals surface area (Å²) in [5, 5.41) is 5.70. The molecule has 2 N–H and O–H groups in total. The van der Waals surface area contributed by atoms with Crippen LogP contribution in [0.25, 0.3) is 10.9 Å². The first kappa shape index (κ1) is 14.4. The fourth-order valence-corrected chi connectivity index (χ4v) is 2.29. The number of H-pyrrole nitrogens is 1. The molecule has 0 bridgehead atoms. The monoisotopic (exact) mass is 311 g/mol. The van der Waals surface area contributed by atoms with Gasteiger partial charge in [-0.2, -0.15) is 5.10 Å². The number of amides is 1. The van der Waals surface area contributed by atoms with Crippen molar-refractivity contribution in [3.05, 3.63) is 70.9 Å². The number of aromatic amines is 1. The average molecular weight is 312 g/mol. The summed E-state index contributed by atoms with van der Waals surface area (Å²) in [5.74, 6) is -0.170. The van der Waals surface area contributed by atoms with Crippen LogP contribution in [0.15, 0.2) is 59.7 Å². The van der Waals surface area contributed by atoms with Gasteiger partial charge in [-0.05, 0) is 35.2 Å². The Labute approximate surface area is 132 Å². The van der Waals surface area contributed by atoms with Gasteiger partial charge in [0.2, 0.25) is 5.91 Å². The number of para-hydroxylation sites is 1. The van der Waals surface area contributed by atoms with Crippen LogP contribution in [0.4, 0.5) is 0 Å². The van der Waals surface area contributed by atoms with Gasteiger partial charge < -0.3 is 4.98 Å². The third kappa shape index (κ3) is 3.54. The van der Waals surface area contributed by atoms with E-state index < -0.39 is 0 Å². The minimum absolute atomic E-state index is 0.170. The summed E-state index contributed by atoms with van der Waals surface area (Å²) in [6.07, 6.45) is 1.84. The minimum atomic E-state index is -0.170. The van der Waals surface area contributed by atoms with Crippen molar-refractivity contribution < 1.29 is 4.79 Å². The maximum Gasteiger partial charge on any atom is 0.245 e. The largest absolute Gasteiger partial charge is 0.358 e.